The van der Waals surface area contributed by atoms with Gasteiger partial charge in [0.15, 0.2) is 0 Å². The Labute approximate surface area is 235 Å². The van der Waals surface area contributed by atoms with Crippen molar-refractivity contribution >= 4 is 43.6 Å². The van der Waals surface area contributed by atoms with E-state index < -0.39 is 0 Å². The summed E-state index contributed by atoms with van der Waals surface area (Å²) in [5, 5.41) is 5.19. The van der Waals surface area contributed by atoms with Gasteiger partial charge in [-0.2, -0.15) is 0 Å². The van der Waals surface area contributed by atoms with E-state index in [4.69, 9.17) is 0 Å². The Morgan fingerprint density at radius 3 is 1.85 bits per heavy atom. The summed E-state index contributed by atoms with van der Waals surface area (Å²) in [6, 6.07) is 40.5. The van der Waals surface area contributed by atoms with Gasteiger partial charge in [0, 0.05) is 32.9 Å². The quantitative estimate of drug-likeness (QED) is 0.215. The lowest BCUT2D eigenvalue weighted by Gasteiger charge is -2.42. The molecule has 0 fully saturated rings. The molecule has 0 atom stereocenters. The molecule has 1 aliphatic carbocycles. The molecule has 196 valence electrons. The highest BCUT2D eigenvalue weighted by Crippen LogP contribution is 2.47. The number of benzene rings is 5. The fourth-order valence-electron chi connectivity index (χ4n) is 7.35. The van der Waals surface area contributed by atoms with Crippen molar-refractivity contribution in [1.82, 2.24) is 9.13 Å². The van der Waals surface area contributed by atoms with Gasteiger partial charge in [-0.3, -0.25) is 0 Å². The number of aromatic nitrogens is 2. The second-order valence-corrected chi connectivity index (χ2v) is 12.9. The summed E-state index contributed by atoms with van der Waals surface area (Å²) in [7, 11) is 0. The van der Waals surface area contributed by atoms with Gasteiger partial charge in [0.05, 0.1) is 22.1 Å². The Morgan fingerprint density at radius 2 is 1.10 bits per heavy atom. The maximum Gasteiger partial charge on any atom is 0.0641 e. The third-order valence-electron chi connectivity index (χ3n) is 9.58. The van der Waals surface area contributed by atoms with Crippen molar-refractivity contribution in [2.45, 2.75) is 51.4 Å². The molecule has 0 saturated carbocycles. The Balaban J connectivity index is 1.53. The summed E-state index contributed by atoms with van der Waals surface area (Å²) in [4.78, 5) is 0. The molecule has 2 aromatic heterocycles. The zero-order chi connectivity index (χ0) is 27.2. The summed E-state index contributed by atoms with van der Waals surface area (Å²) in [5.74, 6) is 0. The van der Waals surface area contributed by atoms with Crippen LogP contribution in [0.1, 0.15) is 51.7 Å². The van der Waals surface area contributed by atoms with E-state index in [9.17, 15) is 0 Å². The third kappa shape index (κ3) is 3.17. The van der Waals surface area contributed by atoms with E-state index in [0.717, 1.165) is 0 Å². The van der Waals surface area contributed by atoms with Gasteiger partial charge in [0.2, 0.25) is 0 Å². The molecule has 7 aromatic rings. The van der Waals surface area contributed by atoms with Crippen LogP contribution in [0.25, 0.3) is 55.0 Å². The minimum absolute atomic E-state index is 0.159. The van der Waals surface area contributed by atoms with Gasteiger partial charge >= 0.3 is 0 Å². The molecule has 0 spiro atoms. The Hall–Kier alpha value is -4.30. The maximum atomic E-state index is 2.50. The molecule has 0 N–H and O–H groups in total. The predicted octanol–water partition coefficient (Wildman–Crippen LogP) is 10.2. The number of hydrogen-bond donors (Lipinski definition) is 0. The second kappa shape index (κ2) is 8.11. The zero-order valence-electron chi connectivity index (χ0n) is 23.7. The van der Waals surface area contributed by atoms with E-state index in [2.05, 4.69) is 146 Å². The normalized spacial score (nSPS) is 16.2. The SMILES string of the molecule is CC1(C)CCC(C)(C)c2cc(-n3c4ccccc4c4c3ccc3c5ccccc5n(-c5ccccc5)c34)ccc21. The highest BCUT2D eigenvalue weighted by atomic mass is 15.0. The first-order valence-electron chi connectivity index (χ1n) is 14.5. The Bertz CT molecular complexity index is 2100. The van der Waals surface area contributed by atoms with Crippen LogP contribution >= 0.6 is 0 Å². The number of hydrogen-bond acceptors (Lipinski definition) is 0. The van der Waals surface area contributed by atoms with Gasteiger partial charge in [-0.25, -0.2) is 0 Å². The number of fused-ring (bicyclic) bond motifs is 8. The van der Waals surface area contributed by atoms with Crippen LogP contribution < -0.4 is 0 Å². The molecule has 2 heterocycles. The van der Waals surface area contributed by atoms with Crippen LogP contribution in [0.5, 0.6) is 0 Å². The monoisotopic (exact) mass is 518 g/mol. The molecule has 1 aliphatic rings. The van der Waals surface area contributed by atoms with Crippen molar-refractivity contribution in [2.75, 3.05) is 0 Å². The van der Waals surface area contributed by atoms with Gasteiger partial charge in [-0.1, -0.05) is 94.4 Å². The van der Waals surface area contributed by atoms with Gasteiger partial charge in [-0.05, 0) is 77.3 Å². The van der Waals surface area contributed by atoms with Crippen molar-refractivity contribution in [3.8, 4) is 11.4 Å². The van der Waals surface area contributed by atoms with E-state index in [0.29, 0.717) is 0 Å². The Kier molecular flexibility index (Phi) is 4.78. The molecule has 0 bridgehead atoms. The van der Waals surface area contributed by atoms with Gasteiger partial charge in [0.1, 0.15) is 0 Å². The van der Waals surface area contributed by atoms with Gasteiger partial charge in [0.25, 0.3) is 0 Å². The number of nitrogens with zero attached hydrogens (tertiary/aromatic N) is 2. The fourth-order valence-corrected chi connectivity index (χ4v) is 7.35. The van der Waals surface area contributed by atoms with E-state index in [-0.39, 0.29) is 10.8 Å². The van der Waals surface area contributed by atoms with E-state index in [1.165, 1.54) is 79.0 Å². The van der Waals surface area contributed by atoms with Gasteiger partial charge in [-0.15, -0.1) is 0 Å². The van der Waals surface area contributed by atoms with Crippen LogP contribution in [0.2, 0.25) is 0 Å². The second-order valence-electron chi connectivity index (χ2n) is 12.9. The van der Waals surface area contributed by atoms with Crippen LogP contribution in [0, 0.1) is 0 Å². The van der Waals surface area contributed by atoms with Crippen molar-refractivity contribution in [3.63, 3.8) is 0 Å². The molecular weight excluding hydrogens is 484 g/mol. The Morgan fingerprint density at radius 1 is 0.475 bits per heavy atom. The lowest BCUT2D eigenvalue weighted by Crippen LogP contribution is -2.33. The van der Waals surface area contributed by atoms with Gasteiger partial charge < -0.3 is 9.13 Å². The average Bonchev–Trinajstić information content (AvgIpc) is 3.49. The lowest BCUT2D eigenvalue weighted by atomic mass is 9.63. The molecule has 0 unspecified atom stereocenters. The first-order valence-corrected chi connectivity index (χ1v) is 14.5. The minimum Gasteiger partial charge on any atom is -0.309 e. The van der Waals surface area contributed by atoms with Crippen LogP contribution in [0.15, 0.2) is 109 Å². The van der Waals surface area contributed by atoms with Crippen LogP contribution in [-0.4, -0.2) is 9.13 Å². The summed E-state index contributed by atoms with van der Waals surface area (Å²) < 4.78 is 4.96. The standard InChI is InChI=1S/C38H34N2/c1-37(2)22-23-38(3,4)31-24-26(18-20-30(31)37)39-33-17-11-9-15-29(33)35-34(39)21-19-28-27-14-8-10-16-32(27)40(36(28)35)25-12-6-5-7-13-25/h5-21,24H,22-23H2,1-4H3. The first kappa shape index (κ1) is 23.6. The predicted molar refractivity (Wildman–Crippen MR) is 170 cm³/mol. The van der Waals surface area contributed by atoms with E-state index in [1.807, 2.05) is 0 Å². The molecule has 0 radical (unpaired) electrons. The molecule has 0 saturated heterocycles. The van der Waals surface area contributed by atoms with Crippen molar-refractivity contribution < 1.29 is 0 Å². The molecule has 8 rings (SSSR count). The number of para-hydroxylation sites is 3. The van der Waals surface area contributed by atoms with Crippen molar-refractivity contribution in [2.24, 2.45) is 0 Å². The molecule has 0 aliphatic heterocycles. The molecular formula is C38H34N2. The number of rotatable bonds is 2. The van der Waals surface area contributed by atoms with E-state index >= 15 is 0 Å². The molecule has 40 heavy (non-hydrogen) atoms. The summed E-state index contributed by atoms with van der Waals surface area (Å²) in [5.41, 5.74) is 10.8. The van der Waals surface area contributed by atoms with Crippen LogP contribution in [0.3, 0.4) is 0 Å². The summed E-state index contributed by atoms with van der Waals surface area (Å²) in [6.07, 6.45) is 2.44. The maximum absolute atomic E-state index is 2.50. The molecule has 2 heteroatoms. The van der Waals surface area contributed by atoms with Crippen LogP contribution in [0.4, 0.5) is 0 Å². The first-order chi connectivity index (χ1) is 19.4. The fraction of sp³-hybridized carbons (Fsp3) is 0.211. The highest BCUT2D eigenvalue weighted by Gasteiger charge is 2.37. The molecule has 2 nitrogen and oxygen atoms in total. The highest BCUT2D eigenvalue weighted by molar-refractivity contribution is 6.26. The topological polar surface area (TPSA) is 9.86 Å². The van der Waals surface area contributed by atoms with Crippen molar-refractivity contribution in [3.05, 3.63) is 120 Å². The smallest absolute Gasteiger partial charge is 0.0641 e. The summed E-state index contributed by atoms with van der Waals surface area (Å²) in [6.45, 7) is 9.64. The van der Waals surface area contributed by atoms with Crippen LogP contribution in [-0.2, 0) is 10.8 Å². The lowest BCUT2D eigenvalue weighted by molar-refractivity contribution is 0.332. The molecule has 0 amide bonds. The van der Waals surface area contributed by atoms with E-state index in [1.54, 1.807) is 0 Å². The third-order valence-corrected chi connectivity index (χ3v) is 9.58. The zero-order valence-corrected chi connectivity index (χ0v) is 23.7. The average molecular weight is 519 g/mol. The minimum atomic E-state index is 0.159. The molecule has 5 aromatic carbocycles. The van der Waals surface area contributed by atoms with Crippen molar-refractivity contribution in [1.29, 1.82) is 0 Å². The summed E-state index contributed by atoms with van der Waals surface area (Å²) >= 11 is 0. The largest absolute Gasteiger partial charge is 0.309 e.